The van der Waals surface area contributed by atoms with Crippen molar-refractivity contribution in [2.75, 3.05) is 57.9 Å². The highest BCUT2D eigenvalue weighted by atomic mass is 32.1. The van der Waals surface area contributed by atoms with Gasteiger partial charge in [0.05, 0.1) is 6.61 Å². The lowest BCUT2D eigenvalue weighted by molar-refractivity contribution is 0.135. The number of unbranched alkanes of at least 4 members (excludes halogenated alkanes) is 1. The number of aryl methyl sites for hydroxylation is 1. The lowest BCUT2D eigenvalue weighted by Crippen LogP contribution is -2.53. The SMILES string of the molecule is CCCCOCCNC(=NC)N1CCN(c2nc(CC)ns2)CC1. The van der Waals surface area contributed by atoms with E-state index in [2.05, 4.69) is 43.3 Å². The molecule has 0 aliphatic carbocycles. The van der Waals surface area contributed by atoms with Gasteiger partial charge in [-0.15, -0.1) is 0 Å². The van der Waals surface area contributed by atoms with E-state index < -0.39 is 0 Å². The van der Waals surface area contributed by atoms with Crippen molar-refractivity contribution in [3.05, 3.63) is 5.82 Å². The predicted molar refractivity (Wildman–Crippen MR) is 100 cm³/mol. The van der Waals surface area contributed by atoms with E-state index in [4.69, 9.17) is 4.74 Å². The Morgan fingerprint density at radius 2 is 2.04 bits per heavy atom. The molecular weight excluding hydrogens is 324 g/mol. The predicted octanol–water partition coefficient (Wildman–Crippen LogP) is 1.61. The molecule has 1 aliphatic rings. The third kappa shape index (κ3) is 5.59. The Bertz CT molecular complexity index is 499. The van der Waals surface area contributed by atoms with Crippen molar-refractivity contribution in [2.24, 2.45) is 4.99 Å². The molecule has 1 fully saturated rings. The monoisotopic (exact) mass is 354 g/mol. The number of aliphatic imine (C=N–C) groups is 1. The zero-order chi connectivity index (χ0) is 17.2. The minimum Gasteiger partial charge on any atom is -0.380 e. The lowest BCUT2D eigenvalue weighted by Gasteiger charge is -2.36. The lowest BCUT2D eigenvalue weighted by atomic mass is 10.3. The maximum atomic E-state index is 5.59. The highest BCUT2D eigenvalue weighted by Crippen LogP contribution is 2.19. The van der Waals surface area contributed by atoms with E-state index in [0.29, 0.717) is 0 Å². The summed E-state index contributed by atoms with van der Waals surface area (Å²) in [6, 6.07) is 0. The largest absolute Gasteiger partial charge is 0.380 e. The van der Waals surface area contributed by atoms with Gasteiger partial charge in [-0.05, 0) is 6.42 Å². The number of anilines is 1. The first-order valence-corrected chi connectivity index (χ1v) is 9.66. The molecule has 0 unspecified atom stereocenters. The summed E-state index contributed by atoms with van der Waals surface area (Å²) < 4.78 is 9.96. The summed E-state index contributed by atoms with van der Waals surface area (Å²) in [5.41, 5.74) is 0. The van der Waals surface area contributed by atoms with Crippen LogP contribution in [0.25, 0.3) is 0 Å². The van der Waals surface area contributed by atoms with Crippen molar-refractivity contribution in [2.45, 2.75) is 33.1 Å². The van der Waals surface area contributed by atoms with E-state index in [0.717, 1.165) is 75.7 Å². The molecule has 1 aromatic rings. The first kappa shape index (κ1) is 18.9. The molecular formula is C16H30N6OS. The summed E-state index contributed by atoms with van der Waals surface area (Å²) >= 11 is 1.50. The summed E-state index contributed by atoms with van der Waals surface area (Å²) in [7, 11) is 1.84. The van der Waals surface area contributed by atoms with Crippen LogP contribution in [-0.2, 0) is 11.2 Å². The van der Waals surface area contributed by atoms with Gasteiger partial charge in [-0.1, -0.05) is 20.3 Å². The van der Waals surface area contributed by atoms with Crippen molar-refractivity contribution >= 4 is 22.6 Å². The van der Waals surface area contributed by atoms with Crippen molar-refractivity contribution in [1.29, 1.82) is 0 Å². The minimum absolute atomic E-state index is 0.726. The van der Waals surface area contributed by atoms with Gasteiger partial charge in [0, 0.05) is 64.3 Å². The van der Waals surface area contributed by atoms with E-state index >= 15 is 0 Å². The van der Waals surface area contributed by atoms with E-state index in [1.54, 1.807) is 0 Å². The molecule has 0 aromatic carbocycles. The zero-order valence-electron chi connectivity index (χ0n) is 15.1. The standard InChI is InChI=1S/C16H30N6OS/c1-4-6-12-23-13-7-18-15(17-3)21-8-10-22(11-9-21)16-19-14(5-2)20-24-16/h4-13H2,1-3H3,(H,17,18). The maximum Gasteiger partial charge on any atom is 0.205 e. The molecule has 1 N–H and O–H groups in total. The number of ether oxygens (including phenoxy) is 1. The highest BCUT2D eigenvalue weighted by molar-refractivity contribution is 7.09. The number of hydrogen-bond donors (Lipinski definition) is 1. The Labute approximate surface area is 149 Å². The third-order valence-electron chi connectivity index (χ3n) is 4.01. The molecule has 0 atom stereocenters. The van der Waals surface area contributed by atoms with Gasteiger partial charge in [-0.2, -0.15) is 4.37 Å². The third-order valence-corrected chi connectivity index (χ3v) is 4.82. The number of guanidine groups is 1. The second kappa shape index (κ2) is 10.5. The second-order valence-electron chi connectivity index (χ2n) is 5.76. The highest BCUT2D eigenvalue weighted by Gasteiger charge is 2.21. The van der Waals surface area contributed by atoms with Crippen LogP contribution in [0, 0.1) is 0 Å². The van der Waals surface area contributed by atoms with Gasteiger partial charge >= 0.3 is 0 Å². The number of aromatic nitrogens is 2. The molecule has 0 amide bonds. The molecule has 0 radical (unpaired) electrons. The van der Waals surface area contributed by atoms with Crippen LogP contribution >= 0.6 is 11.5 Å². The summed E-state index contributed by atoms with van der Waals surface area (Å²) in [5, 5.41) is 4.43. The number of nitrogens with zero attached hydrogens (tertiary/aromatic N) is 5. The van der Waals surface area contributed by atoms with E-state index in [9.17, 15) is 0 Å². The van der Waals surface area contributed by atoms with Crippen molar-refractivity contribution < 1.29 is 4.74 Å². The second-order valence-corrected chi connectivity index (χ2v) is 6.49. The molecule has 1 aromatic heterocycles. The van der Waals surface area contributed by atoms with Crippen LogP contribution in [-0.4, -0.2) is 73.2 Å². The fourth-order valence-electron chi connectivity index (χ4n) is 2.54. The van der Waals surface area contributed by atoms with Gasteiger partial charge in [0.2, 0.25) is 5.13 Å². The quantitative estimate of drug-likeness (QED) is 0.435. The molecule has 8 heteroatoms. The van der Waals surface area contributed by atoms with Gasteiger partial charge in [0.25, 0.3) is 0 Å². The molecule has 0 saturated carbocycles. The number of rotatable bonds is 8. The van der Waals surface area contributed by atoms with Crippen molar-refractivity contribution in [3.8, 4) is 0 Å². The Hall–Kier alpha value is -1.41. The van der Waals surface area contributed by atoms with Gasteiger partial charge in [-0.3, -0.25) is 4.99 Å². The van der Waals surface area contributed by atoms with Crippen molar-refractivity contribution in [3.63, 3.8) is 0 Å². The molecule has 1 saturated heterocycles. The first-order chi connectivity index (χ1) is 11.8. The number of piperazine rings is 1. The van der Waals surface area contributed by atoms with Crippen LogP contribution in [0.5, 0.6) is 0 Å². The van der Waals surface area contributed by atoms with E-state index in [1.165, 1.54) is 18.0 Å². The molecule has 0 bridgehead atoms. The van der Waals surface area contributed by atoms with Crippen LogP contribution in [0.4, 0.5) is 5.13 Å². The smallest absolute Gasteiger partial charge is 0.205 e. The molecule has 0 spiro atoms. The van der Waals surface area contributed by atoms with Gasteiger partial charge in [-0.25, -0.2) is 4.98 Å². The zero-order valence-corrected chi connectivity index (χ0v) is 15.9. The van der Waals surface area contributed by atoms with Crippen LogP contribution in [0.1, 0.15) is 32.5 Å². The average molecular weight is 355 g/mol. The average Bonchev–Trinajstić information content (AvgIpc) is 3.11. The fraction of sp³-hybridized carbons (Fsp3) is 0.812. The van der Waals surface area contributed by atoms with Crippen molar-refractivity contribution in [1.82, 2.24) is 19.6 Å². The Kier molecular flexibility index (Phi) is 8.24. The Morgan fingerprint density at radius 3 is 2.67 bits per heavy atom. The number of hydrogen-bond acceptors (Lipinski definition) is 6. The molecule has 24 heavy (non-hydrogen) atoms. The van der Waals surface area contributed by atoms with Crippen LogP contribution < -0.4 is 10.2 Å². The molecule has 1 aliphatic heterocycles. The van der Waals surface area contributed by atoms with Gasteiger partial charge in [0.1, 0.15) is 5.82 Å². The van der Waals surface area contributed by atoms with Crippen LogP contribution in [0.15, 0.2) is 4.99 Å². The van der Waals surface area contributed by atoms with Gasteiger partial charge in [0.15, 0.2) is 5.96 Å². The Balaban J connectivity index is 1.71. The number of nitrogens with one attached hydrogen (secondary N) is 1. The normalized spacial score (nSPS) is 15.9. The molecule has 7 nitrogen and oxygen atoms in total. The molecule has 2 rings (SSSR count). The maximum absolute atomic E-state index is 5.59. The summed E-state index contributed by atoms with van der Waals surface area (Å²) in [5.74, 6) is 1.90. The summed E-state index contributed by atoms with van der Waals surface area (Å²) in [6.45, 7) is 10.4. The Morgan fingerprint density at radius 1 is 1.25 bits per heavy atom. The van der Waals surface area contributed by atoms with Gasteiger partial charge < -0.3 is 19.9 Å². The first-order valence-electron chi connectivity index (χ1n) is 8.89. The summed E-state index contributed by atoms with van der Waals surface area (Å²) in [4.78, 5) is 13.6. The fourth-order valence-corrected chi connectivity index (χ4v) is 3.34. The van der Waals surface area contributed by atoms with Crippen LogP contribution in [0.3, 0.4) is 0 Å². The van der Waals surface area contributed by atoms with E-state index in [-0.39, 0.29) is 0 Å². The minimum atomic E-state index is 0.726. The van der Waals surface area contributed by atoms with Crippen LogP contribution in [0.2, 0.25) is 0 Å². The topological polar surface area (TPSA) is 65.9 Å². The molecule has 2 heterocycles. The molecule has 136 valence electrons. The summed E-state index contributed by atoms with van der Waals surface area (Å²) in [6.07, 6.45) is 3.20. The van der Waals surface area contributed by atoms with E-state index in [1.807, 2.05) is 7.05 Å².